The summed E-state index contributed by atoms with van der Waals surface area (Å²) in [6, 6.07) is 7.37. The molecule has 0 unspecified atom stereocenters. The minimum atomic E-state index is -0.216. The molecule has 2 aromatic rings. The van der Waals surface area contributed by atoms with Crippen molar-refractivity contribution in [2.24, 2.45) is 0 Å². The van der Waals surface area contributed by atoms with Crippen molar-refractivity contribution in [2.45, 2.75) is 13.8 Å². The number of aromatic nitrogens is 1. The third kappa shape index (κ3) is 4.13. The molecule has 5 nitrogen and oxygen atoms in total. The van der Waals surface area contributed by atoms with Crippen molar-refractivity contribution in [3.05, 3.63) is 40.4 Å². The van der Waals surface area contributed by atoms with Gasteiger partial charge < -0.3 is 9.80 Å². The van der Waals surface area contributed by atoms with Crippen molar-refractivity contribution < 1.29 is 9.59 Å². The first kappa shape index (κ1) is 18.4. The van der Waals surface area contributed by atoms with Gasteiger partial charge in [0.05, 0.1) is 17.8 Å². The van der Waals surface area contributed by atoms with Crippen LogP contribution < -0.4 is 0 Å². The van der Waals surface area contributed by atoms with Crippen LogP contribution in [-0.4, -0.2) is 53.3 Å². The normalized spacial score (nSPS) is 10.5. The molecule has 1 aromatic heterocycles. The monoisotopic (exact) mass is 365 g/mol. The molecule has 0 aliphatic heterocycles. The minimum Gasteiger partial charge on any atom is -0.342 e. The zero-order valence-electron chi connectivity index (χ0n) is 14.0. The number of rotatable bonds is 6. The van der Waals surface area contributed by atoms with Gasteiger partial charge in [-0.2, -0.15) is 0 Å². The number of hydrogen-bond acceptors (Lipinski definition) is 4. The van der Waals surface area contributed by atoms with E-state index < -0.39 is 0 Å². The van der Waals surface area contributed by atoms with Gasteiger partial charge in [-0.15, -0.1) is 11.3 Å². The Bertz CT molecular complexity index is 728. The zero-order valence-corrected chi connectivity index (χ0v) is 15.5. The highest BCUT2D eigenvalue weighted by Gasteiger charge is 2.20. The van der Waals surface area contributed by atoms with Crippen molar-refractivity contribution in [3.63, 3.8) is 0 Å². The molecule has 0 aliphatic rings. The van der Waals surface area contributed by atoms with Crippen molar-refractivity contribution in [1.82, 2.24) is 14.8 Å². The van der Waals surface area contributed by atoms with E-state index in [4.69, 9.17) is 11.6 Å². The Morgan fingerprint density at radius 3 is 2.50 bits per heavy atom. The molecule has 2 amide bonds. The lowest BCUT2D eigenvalue weighted by Crippen LogP contribution is -2.40. The van der Waals surface area contributed by atoms with Crippen LogP contribution in [0.2, 0.25) is 5.02 Å². The second-order valence-electron chi connectivity index (χ2n) is 5.24. The van der Waals surface area contributed by atoms with Gasteiger partial charge in [0, 0.05) is 25.7 Å². The molecule has 0 spiro atoms. The highest BCUT2D eigenvalue weighted by atomic mass is 35.5. The maximum atomic E-state index is 12.5. The minimum absolute atomic E-state index is 0.0554. The third-order valence-corrected chi connectivity index (χ3v) is 5.00. The van der Waals surface area contributed by atoms with Gasteiger partial charge in [0.25, 0.3) is 5.91 Å². The fourth-order valence-electron chi connectivity index (χ4n) is 2.27. The van der Waals surface area contributed by atoms with Crippen LogP contribution in [0.1, 0.15) is 23.5 Å². The number of likely N-dealkylation sites (N-methyl/N-ethyl adjacent to an activating group) is 2. The van der Waals surface area contributed by atoms with Crippen LogP contribution in [0.5, 0.6) is 0 Å². The summed E-state index contributed by atoms with van der Waals surface area (Å²) in [5.74, 6) is -0.280. The SMILES string of the molecule is CCN(CC)C(=O)CN(C)C(=O)c1cnc(-c2ccccc2Cl)s1. The van der Waals surface area contributed by atoms with Gasteiger partial charge in [0.2, 0.25) is 5.91 Å². The Kier molecular flexibility index (Phi) is 6.34. The summed E-state index contributed by atoms with van der Waals surface area (Å²) in [5.41, 5.74) is 0.796. The van der Waals surface area contributed by atoms with Crippen molar-refractivity contribution in [2.75, 3.05) is 26.7 Å². The molecular weight excluding hydrogens is 346 g/mol. The van der Waals surface area contributed by atoms with E-state index in [1.54, 1.807) is 18.0 Å². The smallest absolute Gasteiger partial charge is 0.265 e. The second-order valence-corrected chi connectivity index (χ2v) is 6.67. The average Bonchev–Trinajstić information content (AvgIpc) is 3.05. The predicted octanol–water partition coefficient (Wildman–Crippen LogP) is 3.40. The number of hydrogen-bond donors (Lipinski definition) is 0. The molecule has 1 heterocycles. The maximum Gasteiger partial charge on any atom is 0.265 e. The number of thiazole rings is 1. The summed E-state index contributed by atoms with van der Waals surface area (Å²) in [7, 11) is 1.62. The first-order chi connectivity index (χ1) is 11.5. The largest absolute Gasteiger partial charge is 0.342 e. The molecule has 128 valence electrons. The fraction of sp³-hybridized carbons (Fsp3) is 0.353. The Balaban J connectivity index is 2.11. The first-order valence-corrected chi connectivity index (χ1v) is 8.91. The molecule has 0 aliphatic carbocycles. The van der Waals surface area contributed by atoms with E-state index in [0.29, 0.717) is 28.0 Å². The highest BCUT2D eigenvalue weighted by molar-refractivity contribution is 7.17. The molecule has 24 heavy (non-hydrogen) atoms. The van der Waals surface area contributed by atoms with E-state index in [-0.39, 0.29) is 18.4 Å². The molecular formula is C17H20ClN3O2S. The number of carbonyl (C=O) groups excluding carboxylic acids is 2. The van der Waals surface area contributed by atoms with E-state index in [2.05, 4.69) is 4.98 Å². The zero-order chi connectivity index (χ0) is 17.7. The summed E-state index contributed by atoms with van der Waals surface area (Å²) in [6.07, 6.45) is 1.53. The number of benzene rings is 1. The van der Waals surface area contributed by atoms with Gasteiger partial charge in [-0.25, -0.2) is 4.98 Å². The van der Waals surface area contributed by atoms with Gasteiger partial charge in [0.15, 0.2) is 0 Å². The predicted molar refractivity (Wildman–Crippen MR) is 97.4 cm³/mol. The quantitative estimate of drug-likeness (QED) is 0.788. The second kappa shape index (κ2) is 8.26. The van der Waals surface area contributed by atoms with Gasteiger partial charge in [0.1, 0.15) is 9.88 Å². The molecule has 0 atom stereocenters. The highest BCUT2D eigenvalue weighted by Crippen LogP contribution is 2.31. The molecule has 0 N–H and O–H groups in total. The molecule has 0 saturated carbocycles. The summed E-state index contributed by atoms with van der Waals surface area (Å²) in [4.78, 5) is 32.5. The van der Waals surface area contributed by atoms with Crippen LogP contribution in [0, 0.1) is 0 Å². The molecule has 0 bridgehead atoms. The number of nitrogens with zero attached hydrogens (tertiary/aromatic N) is 3. The number of halogens is 1. The Labute approximate surface area is 150 Å². The van der Waals surface area contributed by atoms with Crippen LogP contribution in [0.15, 0.2) is 30.5 Å². The Morgan fingerprint density at radius 1 is 1.21 bits per heavy atom. The van der Waals surface area contributed by atoms with Gasteiger partial charge in [-0.1, -0.05) is 29.8 Å². The van der Waals surface area contributed by atoms with E-state index >= 15 is 0 Å². The molecule has 0 radical (unpaired) electrons. The molecule has 1 aromatic carbocycles. The first-order valence-electron chi connectivity index (χ1n) is 7.71. The summed E-state index contributed by atoms with van der Waals surface area (Å²) in [5, 5.41) is 1.28. The topological polar surface area (TPSA) is 53.5 Å². The Morgan fingerprint density at radius 2 is 1.88 bits per heavy atom. The lowest BCUT2D eigenvalue weighted by Gasteiger charge is -2.22. The van der Waals surface area contributed by atoms with Crippen LogP contribution in [0.3, 0.4) is 0 Å². The molecule has 0 saturated heterocycles. The summed E-state index contributed by atoms with van der Waals surface area (Å²) < 4.78 is 0. The number of amides is 2. The van der Waals surface area contributed by atoms with Gasteiger partial charge >= 0.3 is 0 Å². The standard InChI is InChI=1S/C17H20ClN3O2S/c1-4-21(5-2)15(22)11-20(3)17(23)14-10-19-16(24-14)12-8-6-7-9-13(12)18/h6-10H,4-5,11H2,1-3H3. The summed E-state index contributed by atoms with van der Waals surface area (Å²) >= 11 is 7.44. The van der Waals surface area contributed by atoms with Crippen LogP contribution >= 0.6 is 22.9 Å². The molecule has 0 fully saturated rings. The van der Waals surface area contributed by atoms with Gasteiger partial charge in [-0.3, -0.25) is 9.59 Å². The van der Waals surface area contributed by atoms with E-state index in [1.165, 1.54) is 22.4 Å². The van der Waals surface area contributed by atoms with Crippen LogP contribution in [-0.2, 0) is 4.79 Å². The van der Waals surface area contributed by atoms with E-state index in [0.717, 1.165) is 5.56 Å². The van der Waals surface area contributed by atoms with Crippen molar-refractivity contribution >= 4 is 34.8 Å². The number of carbonyl (C=O) groups is 2. The molecule has 2 rings (SSSR count). The third-order valence-electron chi connectivity index (χ3n) is 3.66. The van der Waals surface area contributed by atoms with Crippen molar-refractivity contribution in [3.8, 4) is 10.6 Å². The Hall–Kier alpha value is -1.92. The van der Waals surface area contributed by atoms with Gasteiger partial charge in [-0.05, 0) is 19.9 Å². The lowest BCUT2D eigenvalue weighted by molar-refractivity contribution is -0.131. The van der Waals surface area contributed by atoms with Crippen molar-refractivity contribution in [1.29, 1.82) is 0 Å². The maximum absolute atomic E-state index is 12.5. The fourth-order valence-corrected chi connectivity index (χ4v) is 3.50. The molecule has 7 heteroatoms. The van der Waals surface area contributed by atoms with E-state index in [1.807, 2.05) is 32.0 Å². The average molecular weight is 366 g/mol. The lowest BCUT2D eigenvalue weighted by atomic mass is 10.2. The summed E-state index contributed by atoms with van der Waals surface area (Å²) in [6.45, 7) is 5.16. The van der Waals surface area contributed by atoms with E-state index in [9.17, 15) is 9.59 Å². The van der Waals surface area contributed by atoms with Crippen LogP contribution in [0.25, 0.3) is 10.6 Å². The van der Waals surface area contributed by atoms with Crippen LogP contribution in [0.4, 0.5) is 0 Å².